The molecule has 5 heterocycles. The van der Waals surface area contributed by atoms with Crippen LogP contribution < -0.4 is 19.7 Å². The highest BCUT2D eigenvalue weighted by atomic mass is 32.2. The molecule has 2 N–H and O–H groups in total. The molecule has 0 unspecified atom stereocenters. The first kappa shape index (κ1) is 30.7. The predicted octanol–water partition coefficient (Wildman–Crippen LogP) is 2.22. The average Bonchev–Trinajstić information content (AvgIpc) is 3.02. The van der Waals surface area contributed by atoms with E-state index >= 15 is 0 Å². The number of likely N-dealkylation sites (N-methyl/N-ethyl adjacent to an activating group) is 1. The van der Waals surface area contributed by atoms with Gasteiger partial charge in [0.15, 0.2) is 0 Å². The lowest BCUT2D eigenvalue weighted by atomic mass is 9.93. The van der Waals surface area contributed by atoms with E-state index in [0.717, 1.165) is 95.6 Å². The summed E-state index contributed by atoms with van der Waals surface area (Å²) in [6.45, 7) is 8.29. The van der Waals surface area contributed by atoms with Crippen LogP contribution >= 0.6 is 0 Å². The topological polar surface area (TPSA) is 138 Å². The summed E-state index contributed by atoms with van der Waals surface area (Å²) in [5, 5.41) is 4.19. The maximum Gasteiger partial charge on any atom is 0.229 e. The molecule has 13 nitrogen and oxygen atoms in total. The maximum atomic E-state index is 11.9. The molecule has 3 aromatic heterocycles. The first-order valence-electron chi connectivity index (χ1n) is 15.5. The van der Waals surface area contributed by atoms with Crippen LogP contribution in [0.2, 0.25) is 0 Å². The highest BCUT2D eigenvalue weighted by Crippen LogP contribution is 2.33. The van der Waals surface area contributed by atoms with E-state index in [9.17, 15) is 8.42 Å². The third-order valence-corrected chi connectivity index (χ3v) is 9.18. The number of sulfonamides is 1. The number of nitrogens with zero attached hydrogens (tertiary/aromatic N) is 7. The minimum absolute atomic E-state index is 0.0203. The van der Waals surface area contributed by atoms with Crippen LogP contribution in [0.5, 0.6) is 5.88 Å². The van der Waals surface area contributed by atoms with Crippen LogP contribution in [0.3, 0.4) is 0 Å². The van der Waals surface area contributed by atoms with Crippen LogP contribution in [-0.4, -0.2) is 123 Å². The van der Waals surface area contributed by atoms with Gasteiger partial charge < -0.3 is 29.5 Å². The lowest BCUT2D eigenvalue weighted by Crippen LogP contribution is -2.45. The maximum absolute atomic E-state index is 11.9. The molecule has 1 saturated carbocycles. The van der Waals surface area contributed by atoms with E-state index in [-0.39, 0.29) is 12.1 Å². The van der Waals surface area contributed by atoms with Gasteiger partial charge in [-0.2, -0.15) is 4.98 Å². The summed E-state index contributed by atoms with van der Waals surface area (Å²) in [4.78, 5) is 25.7. The molecule has 3 fully saturated rings. The first-order chi connectivity index (χ1) is 21.3. The van der Waals surface area contributed by atoms with Gasteiger partial charge in [-0.15, -0.1) is 0 Å². The second-order valence-corrected chi connectivity index (χ2v) is 13.8. The number of pyridine rings is 2. The fraction of sp³-hybridized carbons (Fsp3) is 0.600. The van der Waals surface area contributed by atoms with Crippen molar-refractivity contribution in [2.75, 3.05) is 87.3 Å². The Kier molecular flexibility index (Phi) is 9.59. The second kappa shape index (κ2) is 13.8. The van der Waals surface area contributed by atoms with Crippen molar-refractivity contribution in [3.05, 3.63) is 36.3 Å². The lowest BCUT2D eigenvalue weighted by molar-refractivity contribution is 0.122. The second-order valence-electron chi connectivity index (χ2n) is 12.1. The third kappa shape index (κ3) is 8.23. The number of piperazine rings is 1. The van der Waals surface area contributed by atoms with E-state index in [2.05, 4.69) is 46.7 Å². The number of ether oxygens (including phenoxy) is 2. The van der Waals surface area contributed by atoms with Gasteiger partial charge in [0.05, 0.1) is 42.3 Å². The monoisotopic (exact) mass is 625 g/mol. The Balaban J connectivity index is 1.07. The SMILES string of the molecule is CN1CCN(CCc2cnc(N[C@H]3CC[C@@H](Oc4nc(N5CCOCC5)cc5ncc(NS(C)(=O)=O)cc45)CC3)nc2)CC1. The van der Waals surface area contributed by atoms with E-state index in [1.54, 1.807) is 6.07 Å². The van der Waals surface area contributed by atoms with Gasteiger partial charge in [0, 0.05) is 70.3 Å². The minimum atomic E-state index is -3.45. The van der Waals surface area contributed by atoms with E-state index in [1.807, 2.05) is 18.5 Å². The van der Waals surface area contributed by atoms with Gasteiger partial charge in [-0.25, -0.2) is 18.4 Å². The fourth-order valence-corrected chi connectivity index (χ4v) is 6.52. The predicted molar refractivity (Wildman–Crippen MR) is 171 cm³/mol. The van der Waals surface area contributed by atoms with Crippen LogP contribution in [0.4, 0.5) is 17.5 Å². The Bertz CT molecular complexity index is 1500. The third-order valence-electron chi connectivity index (χ3n) is 8.57. The number of rotatable bonds is 10. The first-order valence-corrected chi connectivity index (χ1v) is 17.4. The van der Waals surface area contributed by atoms with Crippen LogP contribution in [-0.2, 0) is 21.2 Å². The Morgan fingerprint density at radius 1 is 0.955 bits per heavy atom. The molecule has 2 saturated heterocycles. The molecule has 14 heteroatoms. The summed E-state index contributed by atoms with van der Waals surface area (Å²) >= 11 is 0. The Morgan fingerprint density at radius 3 is 2.39 bits per heavy atom. The van der Waals surface area contributed by atoms with Crippen molar-refractivity contribution in [1.29, 1.82) is 0 Å². The quantitative estimate of drug-likeness (QED) is 0.342. The molecule has 3 aliphatic rings. The fourth-order valence-electron chi connectivity index (χ4n) is 5.98. The van der Waals surface area contributed by atoms with Crippen LogP contribution in [0, 0.1) is 0 Å². The van der Waals surface area contributed by atoms with Crippen molar-refractivity contribution in [1.82, 2.24) is 29.7 Å². The number of morpholine rings is 1. The number of hydrogen-bond acceptors (Lipinski definition) is 12. The molecular weight excluding hydrogens is 582 g/mol. The molecule has 0 atom stereocenters. The van der Waals surface area contributed by atoms with Crippen LogP contribution in [0.25, 0.3) is 10.9 Å². The zero-order valence-corrected chi connectivity index (χ0v) is 26.4. The normalized spacial score (nSPS) is 22.2. The molecule has 0 spiro atoms. The number of aromatic nitrogens is 4. The average molecular weight is 626 g/mol. The summed E-state index contributed by atoms with van der Waals surface area (Å²) in [5.74, 6) is 1.92. The molecule has 2 aliphatic heterocycles. The van der Waals surface area contributed by atoms with Crippen LogP contribution in [0.15, 0.2) is 30.7 Å². The molecule has 44 heavy (non-hydrogen) atoms. The van der Waals surface area contributed by atoms with E-state index in [1.165, 1.54) is 6.20 Å². The smallest absolute Gasteiger partial charge is 0.229 e. The Hall–Kier alpha value is -3.33. The van der Waals surface area contributed by atoms with Gasteiger partial charge in [0.25, 0.3) is 0 Å². The number of anilines is 3. The van der Waals surface area contributed by atoms with Crippen molar-refractivity contribution in [2.24, 2.45) is 0 Å². The molecule has 0 bridgehead atoms. The molecule has 0 radical (unpaired) electrons. The standard InChI is InChI=1S/C30H43N9O4S/c1-37-9-11-38(12-10-37)8-7-22-19-32-30(33-20-22)34-23-3-5-25(6-4-23)43-29-26-17-24(36-44(2,40)41)21-31-27(26)18-28(35-29)39-13-15-42-16-14-39/h17-21,23,25,36H,3-16H2,1-2H3,(H,32,33,34)/t23-,25+. The number of nitrogens with one attached hydrogen (secondary N) is 2. The van der Waals surface area contributed by atoms with Crippen molar-refractivity contribution < 1.29 is 17.9 Å². The summed E-state index contributed by atoms with van der Waals surface area (Å²) in [7, 11) is -1.27. The van der Waals surface area contributed by atoms with E-state index in [0.29, 0.717) is 41.6 Å². The molecule has 0 aromatic carbocycles. The van der Waals surface area contributed by atoms with E-state index < -0.39 is 10.0 Å². The largest absolute Gasteiger partial charge is 0.474 e. The Labute approximate surface area is 259 Å². The highest BCUT2D eigenvalue weighted by molar-refractivity contribution is 7.92. The zero-order valence-electron chi connectivity index (χ0n) is 25.6. The Morgan fingerprint density at radius 2 is 1.68 bits per heavy atom. The number of fused-ring (bicyclic) bond motifs is 1. The molecule has 0 amide bonds. The highest BCUT2D eigenvalue weighted by Gasteiger charge is 2.25. The van der Waals surface area contributed by atoms with Gasteiger partial charge >= 0.3 is 0 Å². The van der Waals surface area contributed by atoms with Gasteiger partial charge in [0.2, 0.25) is 21.9 Å². The van der Waals surface area contributed by atoms with Gasteiger partial charge in [-0.05, 0) is 50.8 Å². The minimum Gasteiger partial charge on any atom is -0.474 e. The summed E-state index contributed by atoms with van der Waals surface area (Å²) in [5.41, 5.74) is 2.24. The summed E-state index contributed by atoms with van der Waals surface area (Å²) in [6.07, 6.45) is 11.0. The summed E-state index contributed by atoms with van der Waals surface area (Å²) < 4.78 is 38.3. The van der Waals surface area contributed by atoms with Gasteiger partial charge in [-0.3, -0.25) is 9.71 Å². The lowest BCUT2D eigenvalue weighted by Gasteiger charge is -2.32. The van der Waals surface area contributed by atoms with Crippen molar-refractivity contribution >= 4 is 38.4 Å². The summed E-state index contributed by atoms with van der Waals surface area (Å²) in [6, 6.07) is 3.94. The molecule has 1 aliphatic carbocycles. The van der Waals surface area contributed by atoms with Crippen LogP contribution in [0.1, 0.15) is 31.2 Å². The molecular formula is C30H43N9O4S. The molecule has 6 rings (SSSR count). The van der Waals surface area contributed by atoms with Crippen molar-refractivity contribution in [3.63, 3.8) is 0 Å². The van der Waals surface area contributed by atoms with E-state index in [4.69, 9.17) is 14.5 Å². The van der Waals surface area contributed by atoms with Gasteiger partial charge in [0.1, 0.15) is 11.9 Å². The van der Waals surface area contributed by atoms with Crippen molar-refractivity contribution in [3.8, 4) is 5.88 Å². The van der Waals surface area contributed by atoms with Gasteiger partial charge in [-0.1, -0.05) is 0 Å². The molecule has 238 valence electrons. The zero-order chi connectivity index (χ0) is 30.5. The number of hydrogen-bond donors (Lipinski definition) is 2. The molecule has 3 aromatic rings. The van der Waals surface area contributed by atoms with Crippen molar-refractivity contribution in [2.45, 2.75) is 44.2 Å².